The molecule has 0 fully saturated rings. The summed E-state index contributed by atoms with van der Waals surface area (Å²) < 4.78 is 0. The Bertz CT molecular complexity index is 251. The average Bonchev–Trinajstić information content (AvgIpc) is 2.33. The van der Waals surface area contributed by atoms with Crippen LogP contribution >= 0.6 is 0 Å². The molecule has 1 aromatic rings. The fourth-order valence-electron chi connectivity index (χ4n) is 1.20. The normalized spacial score (nSPS) is 12.4. The minimum atomic E-state index is 0. The van der Waals surface area contributed by atoms with Crippen molar-refractivity contribution in [1.29, 1.82) is 0 Å². The van der Waals surface area contributed by atoms with Gasteiger partial charge in [-0.25, -0.2) is 0 Å². The Labute approximate surface area is 83.2 Å². The van der Waals surface area contributed by atoms with Gasteiger partial charge in [0.05, 0.1) is 0 Å². The van der Waals surface area contributed by atoms with Gasteiger partial charge in [-0.05, 0) is 17.5 Å². The van der Waals surface area contributed by atoms with Gasteiger partial charge in [-0.2, -0.15) is 0 Å². The number of allylic oxidation sites excluding steroid dienone is 1. The van der Waals surface area contributed by atoms with Gasteiger partial charge in [-0.15, -0.1) is 0 Å². The molecule has 0 atom stereocenters. The van der Waals surface area contributed by atoms with E-state index in [1.165, 1.54) is 11.1 Å². The summed E-state index contributed by atoms with van der Waals surface area (Å²) in [5.74, 6) is 0. The second-order valence-corrected chi connectivity index (χ2v) is 2.31. The number of hydrogen-bond donors (Lipinski definition) is 0. The topological polar surface area (TPSA) is 0 Å². The van der Waals surface area contributed by atoms with Crippen molar-refractivity contribution in [2.75, 3.05) is 0 Å². The molecule has 1 aromatic carbocycles. The van der Waals surface area contributed by atoms with Crippen LogP contribution in [0.2, 0.25) is 0 Å². The first-order valence-corrected chi connectivity index (χ1v) is 3.21. The fraction of sp³-hybridized carbons (Fsp3) is 0.111. The molecule has 0 aromatic heterocycles. The molecule has 46 valence electrons. The summed E-state index contributed by atoms with van der Waals surface area (Å²) in [5, 5.41) is 0. The summed E-state index contributed by atoms with van der Waals surface area (Å²) in [4.78, 5) is 0. The van der Waals surface area contributed by atoms with Crippen molar-refractivity contribution in [3.05, 3.63) is 41.5 Å². The van der Waals surface area contributed by atoms with Gasteiger partial charge in [0.25, 0.3) is 0 Å². The molecule has 1 aliphatic carbocycles. The van der Waals surface area contributed by atoms with Crippen LogP contribution in [0.4, 0.5) is 0 Å². The van der Waals surface area contributed by atoms with E-state index in [0.717, 1.165) is 6.42 Å². The van der Waals surface area contributed by atoms with Crippen molar-refractivity contribution in [3.63, 3.8) is 0 Å². The van der Waals surface area contributed by atoms with Crippen molar-refractivity contribution >= 4 is 35.6 Å². The Balaban J connectivity index is 0.000000500. The quantitative estimate of drug-likeness (QED) is 0.480. The first-order chi connectivity index (χ1) is 4.47. The van der Waals surface area contributed by atoms with Crippen LogP contribution < -0.4 is 0 Å². The van der Waals surface area contributed by atoms with Gasteiger partial charge in [0.1, 0.15) is 0 Å². The Morgan fingerprint density at radius 1 is 1.10 bits per heavy atom. The van der Waals surface area contributed by atoms with E-state index >= 15 is 0 Å². The molecule has 0 amide bonds. The number of fused-ring (bicyclic) bond motifs is 1. The third-order valence-electron chi connectivity index (χ3n) is 1.69. The van der Waals surface area contributed by atoms with Gasteiger partial charge >= 0.3 is 29.6 Å². The molecular weight excluding hydrogens is 131 g/mol. The SMILES string of the molecule is C1=Cc2ccccc2C1.[NaH]. The maximum atomic E-state index is 2.20. The zero-order valence-electron chi connectivity index (χ0n) is 5.17. The molecule has 1 heteroatoms. The minimum absolute atomic E-state index is 0. The molecule has 0 aliphatic heterocycles. The second kappa shape index (κ2) is 3.38. The number of benzene rings is 1. The fourth-order valence-corrected chi connectivity index (χ4v) is 1.20. The molecule has 0 saturated carbocycles. The predicted molar refractivity (Wildman–Crippen MR) is 46.3 cm³/mol. The molecule has 0 bridgehead atoms. The van der Waals surface area contributed by atoms with Crippen LogP contribution in [-0.2, 0) is 6.42 Å². The summed E-state index contributed by atoms with van der Waals surface area (Å²) in [6.45, 7) is 0. The van der Waals surface area contributed by atoms with Crippen LogP contribution in [0.1, 0.15) is 11.1 Å². The molecule has 0 radical (unpaired) electrons. The number of hydrogen-bond acceptors (Lipinski definition) is 0. The monoisotopic (exact) mass is 140 g/mol. The summed E-state index contributed by atoms with van der Waals surface area (Å²) in [6.07, 6.45) is 5.50. The molecule has 10 heavy (non-hydrogen) atoms. The van der Waals surface area contributed by atoms with Crippen LogP contribution in [0.5, 0.6) is 0 Å². The van der Waals surface area contributed by atoms with E-state index in [2.05, 4.69) is 36.4 Å². The second-order valence-electron chi connectivity index (χ2n) is 2.31. The Kier molecular flexibility index (Phi) is 2.72. The Hall–Kier alpha value is -0.0400. The summed E-state index contributed by atoms with van der Waals surface area (Å²) >= 11 is 0. The van der Waals surface area contributed by atoms with Crippen molar-refractivity contribution in [2.24, 2.45) is 0 Å². The first-order valence-electron chi connectivity index (χ1n) is 3.21. The Morgan fingerprint density at radius 2 is 1.90 bits per heavy atom. The standard InChI is InChI=1S/C9H8.Na.H/c1-2-5-9-7-3-6-8(9)4-1;;/h1-6H,7H2;;. The van der Waals surface area contributed by atoms with Crippen LogP contribution in [0.3, 0.4) is 0 Å². The van der Waals surface area contributed by atoms with Gasteiger partial charge < -0.3 is 0 Å². The van der Waals surface area contributed by atoms with E-state index in [0.29, 0.717) is 0 Å². The van der Waals surface area contributed by atoms with Crippen molar-refractivity contribution in [3.8, 4) is 0 Å². The third-order valence-corrected chi connectivity index (χ3v) is 1.69. The molecule has 2 rings (SSSR count). The van der Waals surface area contributed by atoms with E-state index in [1.54, 1.807) is 0 Å². The van der Waals surface area contributed by atoms with E-state index in [9.17, 15) is 0 Å². The van der Waals surface area contributed by atoms with Crippen LogP contribution in [0.25, 0.3) is 6.08 Å². The van der Waals surface area contributed by atoms with Crippen molar-refractivity contribution < 1.29 is 0 Å². The van der Waals surface area contributed by atoms with Crippen molar-refractivity contribution in [2.45, 2.75) is 6.42 Å². The molecule has 0 unspecified atom stereocenters. The maximum absolute atomic E-state index is 2.20. The molecule has 0 heterocycles. The summed E-state index contributed by atoms with van der Waals surface area (Å²) in [6, 6.07) is 8.49. The van der Waals surface area contributed by atoms with Crippen molar-refractivity contribution in [1.82, 2.24) is 0 Å². The van der Waals surface area contributed by atoms with Gasteiger partial charge in [0.2, 0.25) is 0 Å². The Morgan fingerprint density at radius 3 is 2.70 bits per heavy atom. The summed E-state index contributed by atoms with van der Waals surface area (Å²) in [7, 11) is 0. The van der Waals surface area contributed by atoms with Gasteiger partial charge in [0, 0.05) is 0 Å². The van der Waals surface area contributed by atoms with E-state index in [4.69, 9.17) is 0 Å². The van der Waals surface area contributed by atoms with Gasteiger partial charge in [-0.1, -0.05) is 36.4 Å². The average molecular weight is 140 g/mol. The first kappa shape index (κ1) is 8.06. The van der Waals surface area contributed by atoms with E-state index < -0.39 is 0 Å². The zero-order valence-corrected chi connectivity index (χ0v) is 5.17. The predicted octanol–water partition coefficient (Wildman–Crippen LogP) is 1.61. The molecule has 0 spiro atoms. The molecule has 1 aliphatic rings. The van der Waals surface area contributed by atoms with Gasteiger partial charge in [-0.3, -0.25) is 0 Å². The van der Waals surface area contributed by atoms with Gasteiger partial charge in [0.15, 0.2) is 0 Å². The zero-order chi connectivity index (χ0) is 6.10. The molecule has 0 nitrogen and oxygen atoms in total. The molecule has 0 N–H and O–H groups in total. The third kappa shape index (κ3) is 1.34. The van der Waals surface area contributed by atoms with Crippen LogP contribution in [-0.4, -0.2) is 29.6 Å². The van der Waals surface area contributed by atoms with Crippen LogP contribution in [0, 0.1) is 0 Å². The van der Waals surface area contributed by atoms with E-state index in [-0.39, 0.29) is 29.6 Å². The molecular formula is C9H9Na. The molecule has 0 saturated heterocycles. The summed E-state index contributed by atoms with van der Waals surface area (Å²) in [5.41, 5.74) is 2.84. The van der Waals surface area contributed by atoms with Crippen LogP contribution in [0.15, 0.2) is 30.3 Å². The number of rotatable bonds is 0. The van der Waals surface area contributed by atoms with E-state index in [1.807, 2.05) is 0 Å².